The van der Waals surface area contributed by atoms with Gasteiger partial charge in [-0.25, -0.2) is 13.1 Å². The Hall–Kier alpha value is -1.86. The quantitative estimate of drug-likeness (QED) is 0.882. The van der Waals surface area contributed by atoms with Crippen LogP contribution in [0, 0.1) is 13.8 Å². The summed E-state index contributed by atoms with van der Waals surface area (Å²) in [5.74, 6) is 0.697. The maximum Gasteiger partial charge on any atom is 0.244 e. The summed E-state index contributed by atoms with van der Waals surface area (Å²) in [5, 5.41) is 4.25. The van der Waals surface area contributed by atoms with Crippen molar-refractivity contribution in [3.8, 4) is 5.75 Å². The van der Waals surface area contributed by atoms with Crippen LogP contribution >= 0.6 is 0 Å². The molecule has 2 aromatic rings. The summed E-state index contributed by atoms with van der Waals surface area (Å²) < 4.78 is 34.5. The van der Waals surface area contributed by atoms with Gasteiger partial charge in [-0.2, -0.15) is 5.10 Å². The Morgan fingerprint density at radius 2 is 2.05 bits per heavy atom. The second-order valence-corrected chi connectivity index (χ2v) is 6.70. The number of sulfonamides is 1. The molecule has 0 radical (unpaired) electrons. The second-order valence-electron chi connectivity index (χ2n) is 4.99. The van der Waals surface area contributed by atoms with Gasteiger partial charge in [0.1, 0.15) is 10.6 Å². The molecule has 1 aromatic heterocycles. The molecule has 0 saturated heterocycles. The monoisotopic (exact) mass is 323 g/mol. The highest BCUT2D eigenvalue weighted by Gasteiger charge is 2.23. The number of hydrogen-bond acceptors (Lipinski definition) is 4. The Bertz CT molecular complexity index is 766. The SMILES string of the molecule is CCn1nc(C)c(S(=O)(=O)NCc2cccc(OC)c2)c1C. The van der Waals surface area contributed by atoms with Crippen LogP contribution in [-0.4, -0.2) is 25.3 Å². The maximum absolute atomic E-state index is 12.5. The van der Waals surface area contributed by atoms with E-state index in [1.165, 1.54) is 0 Å². The van der Waals surface area contributed by atoms with E-state index >= 15 is 0 Å². The van der Waals surface area contributed by atoms with Gasteiger partial charge >= 0.3 is 0 Å². The van der Waals surface area contributed by atoms with Gasteiger partial charge in [-0.3, -0.25) is 4.68 Å². The van der Waals surface area contributed by atoms with Crippen LogP contribution in [0.3, 0.4) is 0 Å². The molecule has 0 fully saturated rings. The zero-order chi connectivity index (χ0) is 16.3. The van der Waals surface area contributed by atoms with Crippen LogP contribution in [0.4, 0.5) is 0 Å². The Morgan fingerprint density at radius 1 is 1.32 bits per heavy atom. The minimum atomic E-state index is -3.60. The molecule has 6 nitrogen and oxygen atoms in total. The van der Waals surface area contributed by atoms with Crippen LogP contribution < -0.4 is 9.46 Å². The summed E-state index contributed by atoms with van der Waals surface area (Å²) >= 11 is 0. The van der Waals surface area contributed by atoms with Crippen molar-refractivity contribution in [2.75, 3.05) is 7.11 Å². The van der Waals surface area contributed by atoms with Crippen molar-refractivity contribution < 1.29 is 13.2 Å². The number of nitrogens with zero attached hydrogens (tertiary/aromatic N) is 2. The fourth-order valence-electron chi connectivity index (χ4n) is 2.41. The van der Waals surface area contributed by atoms with E-state index in [2.05, 4.69) is 9.82 Å². The highest BCUT2D eigenvalue weighted by molar-refractivity contribution is 7.89. The standard InChI is InChI=1S/C15H21N3O3S/c1-5-18-12(3)15(11(2)17-18)22(19,20)16-10-13-7-6-8-14(9-13)21-4/h6-9,16H,5,10H2,1-4H3. The Kier molecular flexibility index (Phi) is 4.87. The summed E-state index contributed by atoms with van der Waals surface area (Å²) in [6.45, 7) is 6.25. The number of hydrogen-bond donors (Lipinski definition) is 1. The van der Waals surface area contributed by atoms with Gasteiger partial charge in [0.05, 0.1) is 18.5 Å². The van der Waals surface area contributed by atoms with Crippen LogP contribution in [-0.2, 0) is 23.1 Å². The van der Waals surface area contributed by atoms with Gasteiger partial charge < -0.3 is 4.74 Å². The molecule has 0 aliphatic rings. The molecule has 0 amide bonds. The fourth-order valence-corrected chi connectivity index (χ4v) is 3.84. The summed E-state index contributed by atoms with van der Waals surface area (Å²) in [6, 6.07) is 7.30. The smallest absolute Gasteiger partial charge is 0.244 e. The van der Waals surface area contributed by atoms with Gasteiger partial charge in [-0.15, -0.1) is 0 Å². The zero-order valence-electron chi connectivity index (χ0n) is 13.3. The number of benzene rings is 1. The summed E-state index contributed by atoms with van der Waals surface area (Å²) in [6.07, 6.45) is 0. The van der Waals surface area contributed by atoms with E-state index in [0.717, 1.165) is 5.56 Å². The van der Waals surface area contributed by atoms with Crippen molar-refractivity contribution in [3.63, 3.8) is 0 Å². The van der Waals surface area contributed by atoms with Gasteiger partial charge in [-0.1, -0.05) is 12.1 Å². The third-order valence-corrected chi connectivity index (χ3v) is 5.14. The first kappa shape index (κ1) is 16.5. The van der Waals surface area contributed by atoms with E-state index in [0.29, 0.717) is 23.7 Å². The minimum absolute atomic E-state index is 0.204. The number of methoxy groups -OCH3 is 1. The van der Waals surface area contributed by atoms with E-state index in [-0.39, 0.29) is 11.4 Å². The Balaban J connectivity index is 2.23. The van der Waals surface area contributed by atoms with Crippen molar-refractivity contribution in [2.24, 2.45) is 0 Å². The van der Waals surface area contributed by atoms with Gasteiger partial charge in [-0.05, 0) is 38.5 Å². The maximum atomic E-state index is 12.5. The van der Waals surface area contributed by atoms with E-state index in [9.17, 15) is 8.42 Å². The number of ether oxygens (including phenoxy) is 1. The molecule has 22 heavy (non-hydrogen) atoms. The molecular formula is C15H21N3O3S. The van der Waals surface area contributed by atoms with Crippen molar-refractivity contribution in [3.05, 3.63) is 41.2 Å². The topological polar surface area (TPSA) is 73.2 Å². The first-order valence-electron chi connectivity index (χ1n) is 7.05. The lowest BCUT2D eigenvalue weighted by atomic mass is 10.2. The van der Waals surface area contributed by atoms with E-state index in [4.69, 9.17) is 4.74 Å². The zero-order valence-corrected chi connectivity index (χ0v) is 14.1. The van der Waals surface area contributed by atoms with Gasteiger partial charge in [0.2, 0.25) is 10.0 Å². The molecule has 0 saturated carbocycles. The van der Waals surface area contributed by atoms with Gasteiger partial charge in [0.15, 0.2) is 0 Å². The molecule has 0 bridgehead atoms. The first-order valence-corrected chi connectivity index (χ1v) is 8.54. The van der Waals surface area contributed by atoms with E-state index in [1.807, 2.05) is 25.1 Å². The van der Waals surface area contributed by atoms with Crippen molar-refractivity contribution in [1.82, 2.24) is 14.5 Å². The third-order valence-electron chi connectivity index (χ3n) is 3.48. The molecule has 1 aromatic carbocycles. The van der Waals surface area contributed by atoms with Gasteiger partial charge in [0.25, 0.3) is 0 Å². The molecule has 0 unspecified atom stereocenters. The van der Waals surface area contributed by atoms with Gasteiger partial charge in [0, 0.05) is 13.1 Å². The predicted molar refractivity (Wildman–Crippen MR) is 84.4 cm³/mol. The first-order chi connectivity index (χ1) is 10.4. The van der Waals surface area contributed by atoms with Crippen molar-refractivity contribution in [1.29, 1.82) is 0 Å². The molecule has 1 heterocycles. The Morgan fingerprint density at radius 3 is 2.64 bits per heavy atom. The minimum Gasteiger partial charge on any atom is -0.497 e. The molecule has 0 atom stereocenters. The molecule has 0 aliphatic carbocycles. The average molecular weight is 323 g/mol. The molecule has 1 N–H and O–H groups in total. The number of aromatic nitrogens is 2. The summed E-state index contributed by atoms with van der Waals surface area (Å²) in [7, 11) is -2.02. The number of nitrogens with one attached hydrogen (secondary N) is 1. The van der Waals surface area contributed by atoms with E-state index < -0.39 is 10.0 Å². The van der Waals surface area contributed by atoms with Crippen LogP contribution in [0.1, 0.15) is 23.9 Å². The summed E-state index contributed by atoms with van der Waals surface area (Å²) in [4.78, 5) is 0.261. The average Bonchev–Trinajstić information content (AvgIpc) is 2.80. The molecule has 2 rings (SSSR count). The number of aryl methyl sites for hydroxylation is 2. The second kappa shape index (κ2) is 6.50. The van der Waals surface area contributed by atoms with Crippen molar-refractivity contribution in [2.45, 2.75) is 38.8 Å². The highest BCUT2D eigenvalue weighted by atomic mass is 32.2. The normalized spacial score (nSPS) is 11.6. The molecule has 120 valence electrons. The largest absolute Gasteiger partial charge is 0.497 e. The molecular weight excluding hydrogens is 302 g/mol. The number of rotatable bonds is 6. The lowest BCUT2D eigenvalue weighted by Crippen LogP contribution is -2.24. The lowest BCUT2D eigenvalue weighted by Gasteiger charge is -2.08. The van der Waals surface area contributed by atoms with Crippen LogP contribution in [0.2, 0.25) is 0 Å². The van der Waals surface area contributed by atoms with Crippen LogP contribution in [0.25, 0.3) is 0 Å². The predicted octanol–water partition coefficient (Wildman–Crippen LogP) is 2.01. The fraction of sp³-hybridized carbons (Fsp3) is 0.400. The summed E-state index contributed by atoms with van der Waals surface area (Å²) in [5.41, 5.74) is 2.00. The molecule has 7 heteroatoms. The third kappa shape index (κ3) is 3.31. The molecule has 0 aliphatic heterocycles. The Labute approximate surface area is 131 Å². The highest BCUT2D eigenvalue weighted by Crippen LogP contribution is 2.20. The van der Waals surface area contributed by atoms with E-state index in [1.54, 1.807) is 31.7 Å². The lowest BCUT2D eigenvalue weighted by molar-refractivity contribution is 0.414. The van der Waals surface area contributed by atoms with Crippen LogP contribution in [0.15, 0.2) is 29.2 Å². The van der Waals surface area contributed by atoms with Crippen LogP contribution in [0.5, 0.6) is 5.75 Å². The molecule has 0 spiro atoms. The van der Waals surface area contributed by atoms with Crippen molar-refractivity contribution >= 4 is 10.0 Å².